The predicted molar refractivity (Wildman–Crippen MR) is 116 cm³/mol. The summed E-state index contributed by atoms with van der Waals surface area (Å²) in [6.45, 7) is 2.72. The number of hydrogen-bond donors (Lipinski definition) is 1. The molecule has 3 aromatic heterocycles. The Morgan fingerprint density at radius 2 is 1.97 bits per heavy atom. The van der Waals surface area contributed by atoms with Crippen LogP contribution in [0, 0.1) is 6.92 Å². The highest BCUT2D eigenvalue weighted by Crippen LogP contribution is 2.31. The molecule has 0 radical (unpaired) electrons. The topological polar surface area (TPSA) is 64.1 Å². The first-order valence-electron chi connectivity index (χ1n) is 9.10. The molecule has 146 valence electrons. The number of benzene rings is 1. The predicted octanol–water partition coefficient (Wildman–Crippen LogP) is 5.08. The molecule has 0 saturated heterocycles. The van der Waals surface area contributed by atoms with E-state index in [2.05, 4.69) is 15.3 Å². The molecule has 0 saturated carbocycles. The first kappa shape index (κ1) is 19.3. The molecule has 0 aliphatic rings. The van der Waals surface area contributed by atoms with E-state index in [0.717, 1.165) is 26.7 Å². The minimum atomic E-state index is -0.119. The fourth-order valence-corrected chi connectivity index (χ4v) is 4.53. The van der Waals surface area contributed by atoms with Crippen LogP contribution in [0.1, 0.15) is 26.5 Å². The van der Waals surface area contributed by atoms with Crippen LogP contribution in [0.2, 0.25) is 0 Å². The van der Waals surface area contributed by atoms with Gasteiger partial charge in [-0.25, -0.2) is 9.97 Å². The van der Waals surface area contributed by atoms with Crippen LogP contribution in [0.4, 0.5) is 0 Å². The van der Waals surface area contributed by atoms with Gasteiger partial charge in [0.15, 0.2) is 0 Å². The van der Waals surface area contributed by atoms with E-state index in [-0.39, 0.29) is 5.91 Å². The quantitative estimate of drug-likeness (QED) is 0.452. The molecule has 0 fully saturated rings. The van der Waals surface area contributed by atoms with E-state index in [0.29, 0.717) is 23.9 Å². The van der Waals surface area contributed by atoms with Crippen LogP contribution in [-0.4, -0.2) is 15.9 Å². The number of carbonyl (C=O) groups excluding carboxylic acids is 1. The van der Waals surface area contributed by atoms with Crippen molar-refractivity contribution in [1.29, 1.82) is 0 Å². The molecule has 0 bridgehead atoms. The zero-order valence-corrected chi connectivity index (χ0v) is 17.4. The molecule has 0 aliphatic heterocycles. The molecule has 7 heteroatoms. The number of carbonyl (C=O) groups is 1. The lowest BCUT2D eigenvalue weighted by Crippen LogP contribution is -2.22. The van der Waals surface area contributed by atoms with Gasteiger partial charge in [-0.3, -0.25) is 4.79 Å². The Balaban J connectivity index is 1.37. The molecule has 1 aromatic carbocycles. The Bertz CT molecular complexity index is 1090. The maximum absolute atomic E-state index is 12.6. The second-order valence-electron chi connectivity index (χ2n) is 6.37. The number of ether oxygens (including phenoxy) is 1. The van der Waals surface area contributed by atoms with Crippen LogP contribution >= 0.6 is 22.7 Å². The summed E-state index contributed by atoms with van der Waals surface area (Å²) in [6.07, 6.45) is 1.69. The van der Waals surface area contributed by atoms with E-state index >= 15 is 0 Å². The van der Waals surface area contributed by atoms with Gasteiger partial charge in [0.2, 0.25) is 5.88 Å². The molecule has 1 amide bonds. The van der Waals surface area contributed by atoms with Crippen molar-refractivity contribution in [2.45, 2.75) is 20.1 Å². The van der Waals surface area contributed by atoms with Crippen molar-refractivity contribution >= 4 is 28.6 Å². The number of amides is 1. The number of aromatic nitrogens is 2. The molecule has 0 atom stereocenters. The standard InChI is InChI=1S/C22H19N3O2S2/c1-15-20(29-22(25-15)18-8-5-11-28-18)21(26)24-13-17-9-10-23-19(12-17)27-14-16-6-3-2-4-7-16/h2-12H,13-14H2,1H3,(H,24,26). The maximum Gasteiger partial charge on any atom is 0.263 e. The van der Waals surface area contributed by atoms with Gasteiger partial charge in [-0.05, 0) is 35.6 Å². The van der Waals surface area contributed by atoms with Gasteiger partial charge in [-0.15, -0.1) is 22.7 Å². The molecule has 29 heavy (non-hydrogen) atoms. The molecule has 1 N–H and O–H groups in total. The highest BCUT2D eigenvalue weighted by atomic mass is 32.1. The largest absolute Gasteiger partial charge is 0.473 e. The maximum atomic E-state index is 12.6. The van der Waals surface area contributed by atoms with E-state index in [4.69, 9.17) is 4.74 Å². The van der Waals surface area contributed by atoms with Crippen LogP contribution in [-0.2, 0) is 13.2 Å². The SMILES string of the molecule is Cc1nc(-c2cccs2)sc1C(=O)NCc1ccnc(OCc2ccccc2)c1. The Morgan fingerprint density at radius 1 is 1.10 bits per heavy atom. The molecule has 0 aliphatic carbocycles. The van der Waals surface area contributed by atoms with Crippen molar-refractivity contribution in [3.8, 4) is 15.8 Å². The van der Waals surface area contributed by atoms with Gasteiger partial charge < -0.3 is 10.1 Å². The van der Waals surface area contributed by atoms with Crippen molar-refractivity contribution in [3.63, 3.8) is 0 Å². The van der Waals surface area contributed by atoms with Crippen LogP contribution in [0.15, 0.2) is 66.2 Å². The summed E-state index contributed by atoms with van der Waals surface area (Å²) in [5.74, 6) is 0.418. The van der Waals surface area contributed by atoms with Crippen molar-refractivity contribution < 1.29 is 9.53 Å². The fourth-order valence-electron chi connectivity index (χ4n) is 2.75. The van der Waals surface area contributed by atoms with Gasteiger partial charge in [0.25, 0.3) is 5.91 Å². The van der Waals surface area contributed by atoms with E-state index in [1.54, 1.807) is 17.5 Å². The summed E-state index contributed by atoms with van der Waals surface area (Å²) in [4.78, 5) is 23.1. The minimum Gasteiger partial charge on any atom is -0.473 e. The van der Waals surface area contributed by atoms with Crippen molar-refractivity contribution in [3.05, 3.63) is 87.9 Å². The fraction of sp³-hybridized carbons (Fsp3) is 0.136. The van der Waals surface area contributed by atoms with Crippen LogP contribution in [0.25, 0.3) is 9.88 Å². The summed E-state index contributed by atoms with van der Waals surface area (Å²) in [5, 5.41) is 5.85. The number of thiazole rings is 1. The number of pyridine rings is 1. The number of hydrogen-bond acceptors (Lipinski definition) is 6. The lowest BCUT2D eigenvalue weighted by Gasteiger charge is -2.08. The lowest BCUT2D eigenvalue weighted by atomic mass is 10.2. The second kappa shape index (κ2) is 8.98. The zero-order chi connectivity index (χ0) is 20.1. The first-order valence-corrected chi connectivity index (χ1v) is 10.8. The van der Waals surface area contributed by atoms with Gasteiger partial charge >= 0.3 is 0 Å². The van der Waals surface area contributed by atoms with Crippen molar-refractivity contribution in [2.24, 2.45) is 0 Å². The average Bonchev–Trinajstić information content (AvgIpc) is 3.41. The molecule has 5 nitrogen and oxygen atoms in total. The normalized spacial score (nSPS) is 10.7. The van der Waals surface area contributed by atoms with Gasteiger partial charge in [0.1, 0.15) is 16.5 Å². The van der Waals surface area contributed by atoms with Gasteiger partial charge in [-0.1, -0.05) is 36.4 Å². The molecular weight excluding hydrogens is 402 g/mol. The Morgan fingerprint density at radius 3 is 2.76 bits per heavy atom. The summed E-state index contributed by atoms with van der Waals surface area (Å²) in [7, 11) is 0. The number of thiophene rings is 1. The smallest absolute Gasteiger partial charge is 0.263 e. The number of aryl methyl sites for hydroxylation is 1. The Labute approximate surface area is 177 Å². The monoisotopic (exact) mass is 421 g/mol. The third-order valence-electron chi connectivity index (χ3n) is 4.22. The van der Waals surface area contributed by atoms with Crippen molar-refractivity contribution in [2.75, 3.05) is 0 Å². The summed E-state index contributed by atoms with van der Waals surface area (Å²) >= 11 is 3.04. The summed E-state index contributed by atoms with van der Waals surface area (Å²) < 4.78 is 5.76. The molecule has 3 heterocycles. The highest BCUT2D eigenvalue weighted by molar-refractivity contribution is 7.22. The molecule has 4 rings (SSSR count). The van der Waals surface area contributed by atoms with Gasteiger partial charge in [-0.2, -0.15) is 0 Å². The molecule has 4 aromatic rings. The van der Waals surface area contributed by atoms with Gasteiger partial charge in [0.05, 0.1) is 10.6 Å². The number of rotatable bonds is 7. The Hall–Kier alpha value is -3.03. The van der Waals surface area contributed by atoms with E-state index in [1.165, 1.54) is 11.3 Å². The van der Waals surface area contributed by atoms with Crippen LogP contribution < -0.4 is 10.1 Å². The molecule has 0 unspecified atom stereocenters. The lowest BCUT2D eigenvalue weighted by molar-refractivity contribution is 0.0954. The molecular formula is C22H19N3O2S2. The Kier molecular flexibility index (Phi) is 5.97. The third-order valence-corrected chi connectivity index (χ3v) is 6.41. The number of nitrogens with one attached hydrogen (secondary N) is 1. The van der Waals surface area contributed by atoms with E-state index in [9.17, 15) is 4.79 Å². The highest BCUT2D eigenvalue weighted by Gasteiger charge is 2.16. The van der Waals surface area contributed by atoms with Crippen LogP contribution in [0.5, 0.6) is 5.88 Å². The van der Waals surface area contributed by atoms with E-state index in [1.807, 2.05) is 66.9 Å². The van der Waals surface area contributed by atoms with Crippen molar-refractivity contribution in [1.82, 2.24) is 15.3 Å². The van der Waals surface area contributed by atoms with Gasteiger partial charge in [0, 0.05) is 18.8 Å². The number of nitrogens with zero attached hydrogens (tertiary/aromatic N) is 2. The third kappa shape index (κ3) is 4.88. The summed E-state index contributed by atoms with van der Waals surface area (Å²) in [6, 6.07) is 17.6. The average molecular weight is 422 g/mol. The van der Waals surface area contributed by atoms with Crippen LogP contribution in [0.3, 0.4) is 0 Å². The first-order chi connectivity index (χ1) is 14.2. The zero-order valence-electron chi connectivity index (χ0n) is 15.8. The summed E-state index contributed by atoms with van der Waals surface area (Å²) in [5.41, 5.74) is 2.75. The van der Waals surface area contributed by atoms with E-state index < -0.39 is 0 Å². The minimum absolute atomic E-state index is 0.119. The second-order valence-corrected chi connectivity index (χ2v) is 8.32. The molecule has 0 spiro atoms.